The van der Waals surface area contributed by atoms with Crippen molar-refractivity contribution >= 4 is 42.3 Å². The van der Waals surface area contributed by atoms with Gasteiger partial charge in [0, 0.05) is 28.4 Å². The first-order valence-corrected chi connectivity index (χ1v) is 11.8. The first-order chi connectivity index (χ1) is 13.9. The summed E-state index contributed by atoms with van der Waals surface area (Å²) in [6.45, 7) is 0.330. The summed E-state index contributed by atoms with van der Waals surface area (Å²) in [5, 5.41) is 3.74. The molecule has 0 radical (unpaired) electrons. The molecule has 0 aliphatic rings. The average molecular weight is 429 g/mol. The molecular formula is C21H20N2O4S2. The molecule has 0 atom stereocenters. The van der Waals surface area contributed by atoms with E-state index in [0.29, 0.717) is 23.4 Å². The average Bonchev–Trinajstić information content (AvgIpc) is 3.17. The molecule has 2 heterocycles. The number of aromatic nitrogens is 1. The molecule has 0 unspecified atom stereocenters. The largest absolute Gasteiger partial charge is 0.496 e. The van der Waals surface area contributed by atoms with Crippen LogP contribution in [0.15, 0.2) is 52.6 Å². The number of thiophene rings is 1. The fourth-order valence-electron chi connectivity index (χ4n) is 3.55. The van der Waals surface area contributed by atoms with Crippen molar-refractivity contribution in [1.82, 2.24) is 9.71 Å². The minimum Gasteiger partial charge on any atom is -0.496 e. The summed E-state index contributed by atoms with van der Waals surface area (Å²) < 4.78 is 31.5. The highest BCUT2D eigenvalue weighted by Gasteiger charge is 2.16. The van der Waals surface area contributed by atoms with Gasteiger partial charge in [-0.25, -0.2) is 13.1 Å². The van der Waals surface area contributed by atoms with Crippen molar-refractivity contribution in [2.24, 2.45) is 0 Å². The van der Waals surface area contributed by atoms with E-state index in [1.165, 1.54) is 11.3 Å². The van der Waals surface area contributed by atoms with Gasteiger partial charge in [0.15, 0.2) is 0 Å². The number of hydrogen-bond donors (Lipinski definition) is 2. The maximum atomic E-state index is 12.4. The number of hydrogen-bond acceptors (Lipinski definition) is 5. The van der Waals surface area contributed by atoms with Gasteiger partial charge in [-0.3, -0.25) is 4.79 Å². The summed E-state index contributed by atoms with van der Waals surface area (Å²) >= 11 is 1.41. The van der Waals surface area contributed by atoms with Gasteiger partial charge in [-0.15, -0.1) is 11.3 Å². The standard InChI is InChI=1S/C21H20N2O4S2/c1-27-17-7-6-16-19(15-9-11-28-20(15)21(24)23-16)18(17)14-5-3-4-13(12-14)8-10-22-29(2,25)26/h3-7,9,11-12,22H,8,10H2,1-2H3,(H,23,24). The van der Waals surface area contributed by atoms with Crippen LogP contribution in [0.4, 0.5) is 0 Å². The quantitative estimate of drug-likeness (QED) is 0.492. The first kappa shape index (κ1) is 19.6. The topological polar surface area (TPSA) is 88.3 Å². The number of aromatic amines is 1. The molecule has 0 saturated heterocycles. The molecule has 29 heavy (non-hydrogen) atoms. The molecule has 8 heteroatoms. The van der Waals surface area contributed by atoms with Gasteiger partial charge >= 0.3 is 0 Å². The lowest BCUT2D eigenvalue weighted by molar-refractivity contribution is 0.417. The number of pyridine rings is 1. The van der Waals surface area contributed by atoms with Crippen LogP contribution in [-0.4, -0.2) is 33.3 Å². The maximum absolute atomic E-state index is 12.4. The van der Waals surface area contributed by atoms with E-state index in [4.69, 9.17) is 4.74 Å². The molecule has 0 spiro atoms. The Labute approximate surface area is 172 Å². The Balaban J connectivity index is 1.88. The molecule has 0 aliphatic carbocycles. The van der Waals surface area contributed by atoms with Gasteiger partial charge < -0.3 is 9.72 Å². The molecule has 4 aromatic rings. The molecule has 2 N–H and O–H groups in total. The minimum absolute atomic E-state index is 0.0979. The van der Waals surface area contributed by atoms with Gasteiger partial charge in [-0.05, 0) is 41.1 Å². The van der Waals surface area contributed by atoms with E-state index in [9.17, 15) is 13.2 Å². The summed E-state index contributed by atoms with van der Waals surface area (Å²) in [4.78, 5) is 15.3. The van der Waals surface area contributed by atoms with Crippen molar-refractivity contribution in [1.29, 1.82) is 0 Å². The number of sulfonamides is 1. The Bertz CT molecular complexity index is 1370. The maximum Gasteiger partial charge on any atom is 0.266 e. The van der Waals surface area contributed by atoms with Crippen LogP contribution in [0, 0.1) is 0 Å². The predicted molar refractivity (Wildman–Crippen MR) is 118 cm³/mol. The van der Waals surface area contributed by atoms with Gasteiger partial charge in [-0.2, -0.15) is 0 Å². The lowest BCUT2D eigenvalue weighted by Gasteiger charge is -2.14. The summed E-state index contributed by atoms with van der Waals surface area (Å²) in [5.74, 6) is 0.712. The Morgan fingerprint density at radius 3 is 2.76 bits per heavy atom. The first-order valence-electron chi connectivity index (χ1n) is 9.01. The normalized spacial score (nSPS) is 11.9. The van der Waals surface area contributed by atoms with E-state index in [2.05, 4.69) is 9.71 Å². The van der Waals surface area contributed by atoms with E-state index in [1.54, 1.807) is 7.11 Å². The third kappa shape index (κ3) is 3.91. The summed E-state index contributed by atoms with van der Waals surface area (Å²) in [6.07, 6.45) is 1.72. The van der Waals surface area contributed by atoms with Gasteiger partial charge in [0.2, 0.25) is 10.0 Å². The van der Waals surface area contributed by atoms with E-state index in [-0.39, 0.29) is 5.56 Å². The SMILES string of the molecule is COc1ccc2[nH]c(=O)c3sccc3c2c1-c1cccc(CCNS(C)(=O)=O)c1. The van der Waals surface area contributed by atoms with E-state index in [1.807, 2.05) is 47.8 Å². The van der Waals surface area contributed by atoms with Crippen molar-refractivity contribution < 1.29 is 13.2 Å². The molecule has 150 valence electrons. The number of H-pyrrole nitrogens is 1. The van der Waals surface area contributed by atoms with Crippen LogP contribution in [0.3, 0.4) is 0 Å². The molecule has 4 rings (SSSR count). The Morgan fingerprint density at radius 2 is 2.00 bits per heavy atom. The monoisotopic (exact) mass is 428 g/mol. The molecular weight excluding hydrogens is 408 g/mol. The van der Waals surface area contributed by atoms with Crippen molar-refractivity contribution in [2.45, 2.75) is 6.42 Å². The second kappa shape index (κ2) is 7.62. The highest BCUT2D eigenvalue weighted by molar-refractivity contribution is 7.88. The lowest BCUT2D eigenvalue weighted by atomic mass is 9.95. The number of nitrogens with one attached hydrogen (secondary N) is 2. The minimum atomic E-state index is -3.22. The van der Waals surface area contributed by atoms with Crippen LogP contribution in [0.1, 0.15) is 5.56 Å². The van der Waals surface area contributed by atoms with Crippen molar-refractivity contribution in [3.63, 3.8) is 0 Å². The Morgan fingerprint density at radius 1 is 1.17 bits per heavy atom. The zero-order chi connectivity index (χ0) is 20.6. The smallest absolute Gasteiger partial charge is 0.266 e. The molecule has 0 fully saturated rings. The number of benzene rings is 2. The highest BCUT2D eigenvalue weighted by atomic mass is 32.2. The third-order valence-electron chi connectivity index (χ3n) is 4.77. The predicted octanol–water partition coefficient (Wildman–Crippen LogP) is 3.51. The van der Waals surface area contributed by atoms with Crippen LogP contribution >= 0.6 is 11.3 Å². The van der Waals surface area contributed by atoms with Gasteiger partial charge in [0.25, 0.3) is 5.56 Å². The fourth-order valence-corrected chi connectivity index (χ4v) is 4.82. The number of rotatable bonds is 6. The summed E-state index contributed by atoms with van der Waals surface area (Å²) in [6, 6.07) is 13.6. The summed E-state index contributed by atoms with van der Waals surface area (Å²) in [5.41, 5.74) is 3.51. The van der Waals surface area contributed by atoms with Gasteiger partial charge in [0.1, 0.15) is 10.4 Å². The zero-order valence-corrected chi connectivity index (χ0v) is 17.6. The van der Waals surface area contributed by atoms with Gasteiger partial charge in [-0.1, -0.05) is 24.3 Å². The lowest BCUT2D eigenvalue weighted by Crippen LogP contribution is -2.24. The van der Waals surface area contributed by atoms with Crippen molar-refractivity contribution in [3.05, 3.63) is 63.8 Å². The third-order valence-corrected chi connectivity index (χ3v) is 6.41. The number of ether oxygens (including phenoxy) is 1. The van der Waals surface area contributed by atoms with Crippen LogP contribution in [0.5, 0.6) is 5.75 Å². The van der Waals surface area contributed by atoms with E-state index >= 15 is 0 Å². The molecule has 6 nitrogen and oxygen atoms in total. The van der Waals surface area contributed by atoms with Crippen LogP contribution < -0.4 is 15.0 Å². The fraction of sp³-hybridized carbons (Fsp3) is 0.190. The Kier molecular flexibility index (Phi) is 5.16. The van der Waals surface area contributed by atoms with E-state index in [0.717, 1.165) is 39.2 Å². The van der Waals surface area contributed by atoms with Crippen molar-refractivity contribution in [3.8, 4) is 16.9 Å². The number of methoxy groups -OCH3 is 1. The molecule has 0 amide bonds. The molecule has 2 aromatic heterocycles. The van der Waals surface area contributed by atoms with Crippen LogP contribution in [-0.2, 0) is 16.4 Å². The summed E-state index contributed by atoms with van der Waals surface area (Å²) in [7, 11) is -1.59. The van der Waals surface area contributed by atoms with Crippen molar-refractivity contribution in [2.75, 3.05) is 19.9 Å². The molecule has 0 bridgehead atoms. The Hall–Kier alpha value is -2.68. The van der Waals surface area contributed by atoms with E-state index < -0.39 is 10.0 Å². The zero-order valence-electron chi connectivity index (χ0n) is 16.0. The second-order valence-corrected chi connectivity index (χ2v) is 9.55. The molecule has 0 saturated carbocycles. The molecule has 0 aliphatic heterocycles. The number of fused-ring (bicyclic) bond motifs is 3. The van der Waals surface area contributed by atoms with Crippen LogP contribution in [0.25, 0.3) is 32.1 Å². The van der Waals surface area contributed by atoms with Crippen LogP contribution in [0.2, 0.25) is 0 Å². The highest BCUT2D eigenvalue weighted by Crippen LogP contribution is 2.40. The van der Waals surface area contributed by atoms with Gasteiger partial charge in [0.05, 0.1) is 13.4 Å². The molecule has 2 aromatic carbocycles. The second-order valence-electron chi connectivity index (χ2n) is 6.80.